The molecule has 4 rings (SSSR count). The quantitative estimate of drug-likeness (QED) is 0.712. The lowest BCUT2D eigenvalue weighted by atomic mass is 9.80. The molecule has 0 amide bonds. The normalized spacial score (nSPS) is 15.4. The zero-order valence-electron chi connectivity index (χ0n) is 11.5. The average molecular weight is 264 g/mol. The van der Waals surface area contributed by atoms with Gasteiger partial charge in [-0.3, -0.25) is 0 Å². The molecule has 1 aromatic carbocycles. The van der Waals surface area contributed by atoms with Crippen LogP contribution in [0.25, 0.3) is 17.0 Å². The van der Waals surface area contributed by atoms with E-state index >= 15 is 0 Å². The molecule has 1 saturated carbocycles. The second-order valence-electron chi connectivity index (χ2n) is 5.47. The summed E-state index contributed by atoms with van der Waals surface area (Å²) in [6.45, 7) is 2.09. The Labute approximate surface area is 117 Å². The van der Waals surface area contributed by atoms with Crippen molar-refractivity contribution in [3.8, 4) is 11.4 Å². The molecule has 0 bridgehead atoms. The molecule has 0 aliphatic heterocycles. The highest BCUT2D eigenvalue weighted by atomic mass is 15.4. The molecule has 0 spiro atoms. The van der Waals surface area contributed by atoms with Crippen molar-refractivity contribution in [3.05, 3.63) is 47.7 Å². The molecule has 20 heavy (non-hydrogen) atoms. The van der Waals surface area contributed by atoms with Crippen LogP contribution in [0.3, 0.4) is 0 Å². The minimum Gasteiger partial charge on any atom is -0.193 e. The topological polar surface area (TPSA) is 43.1 Å². The first-order valence-electron chi connectivity index (χ1n) is 7.11. The second-order valence-corrected chi connectivity index (χ2v) is 5.47. The highest BCUT2D eigenvalue weighted by molar-refractivity contribution is 5.59. The number of fused-ring (bicyclic) bond motifs is 1. The predicted molar refractivity (Wildman–Crippen MR) is 77.5 cm³/mol. The highest BCUT2D eigenvalue weighted by Crippen LogP contribution is 2.37. The van der Waals surface area contributed by atoms with Crippen LogP contribution < -0.4 is 0 Å². The zero-order valence-corrected chi connectivity index (χ0v) is 11.5. The van der Waals surface area contributed by atoms with Gasteiger partial charge in [0.05, 0.1) is 5.69 Å². The van der Waals surface area contributed by atoms with Crippen molar-refractivity contribution in [1.82, 2.24) is 19.8 Å². The van der Waals surface area contributed by atoms with Gasteiger partial charge in [-0.1, -0.05) is 36.8 Å². The summed E-state index contributed by atoms with van der Waals surface area (Å²) < 4.78 is 1.85. The molecule has 2 heterocycles. The molecule has 100 valence electrons. The minimum atomic E-state index is 0.671. The van der Waals surface area contributed by atoms with E-state index in [0.29, 0.717) is 5.92 Å². The lowest BCUT2D eigenvalue weighted by Crippen LogP contribution is -2.12. The van der Waals surface area contributed by atoms with Crippen molar-refractivity contribution in [3.63, 3.8) is 0 Å². The lowest BCUT2D eigenvalue weighted by Gasteiger charge is -2.26. The average Bonchev–Trinajstić information content (AvgIpc) is 2.81. The van der Waals surface area contributed by atoms with Crippen molar-refractivity contribution in [2.24, 2.45) is 0 Å². The predicted octanol–water partition coefficient (Wildman–Crippen LogP) is 3.37. The van der Waals surface area contributed by atoms with E-state index in [2.05, 4.69) is 23.2 Å². The number of aromatic nitrogens is 4. The van der Waals surface area contributed by atoms with E-state index in [1.165, 1.54) is 24.8 Å². The van der Waals surface area contributed by atoms with E-state index in [-0.39, 0.29) is 0 Å². The van der Waals surface area contributed by atoms with Crippen LogP contribution in [0.15, 0.2) is 36.4 Å². The Morgan fingerprint density at radius 3 is 2.60 bits per heavy atom. The fraction of sp³-hybridized carbons (Fsp3) is 0.312. The van der Waals surface area contributed by atoms with Gasteiger partial charge in [-0.05, 0) is 37.3 Å². The summed E-state index contributed by atoms with van der Waals surface area (Å²) in [6, 6.07) is 12.2. The third-order valence-electron chi connectivity index (χ3n) is 4.19. The summed E-state index contributed by atoms with van der Waals surface area (Å²) in [7, 11) is 0. The van der Waals surface area contributed by atoms with E-state index in [1.807, 2.05) is 34.8 Å². The molecule has 0 atom stereocenters. The number of aryl methyl sites for hydroxylation is 1. The van der Waals surface area contributed by atoms with Gasteiger partial charge in [-0.2, -0.15) is 9.61 Å². The van der Waals surface area contributed by atoms with Crippen LogP contribution in [0.5, 0.6) is 0 Å². The molecule has 0 unspecified atom stereocenters. The van der Waals surface area contributed by atoms with Gasteiger partial charge in [0.15, 0.2) is 11.5 Å². The molecular formula is C16H16N4. The summed E-state index contributed by atoms with van der Waals surface area (Å²) in [5.41, 5.74) is 4.33. The van der Waals surface area contributed by atoms with Gasteiger partial charge < -0.3 is 0 Å². The Morgan fingerprint density at radius 2 is 1.90 bits per heavy atom. The van der Waals surface area contributed by atoms with E-state index in [1.54, 1.807) is 0 Å². The fourth-order valence-electron chi connectivity index (χ4n) is 2.83. The molecule has 2 aromatic heterocycles. The Kier molecular flexibility index (Phi) is 2.55. The third kappa shape index (κ3) is 1.72. The molecule has 0 saturated heterocycles. The van der Waals surface area contributed by atoms with E-state index in [9.17, 15) is 0 Å². The number of hydrogen-bond donors (Lipinski definition) is 0. The van der Waals surface area contributed by atoms with E-state index in [0.717, 1.165) is 22.7 Å². The van der Waals surface area contributed by atoms with Crippen LogP contribution in [0.4, 0.5) is 0 Å². The van der Waals surface area contributed by atoms with Gasteiger partial charge in [0.2, 0.25) is 0 Å². The largest absolute Gasteiger partial charge is 0.193 e. The highest BCUT2D eigenvalue weighted by Gasteiger charge is 2.23. The second kappa shape index (κ2) is 4.40. The summed E-state index contributed by atoms with van der Waals surface area (Å²) in [4.78, 5) is 0. The van der Waals surface area contributed by atoms with Crippen molar-refractivity contribution < 1.29 is 0 Å². The Hall–Kier alpha value is -2.23. The van der Waals surface area contributed by atoms with Gasteiger partial charge in [0.25, 0.3) is 0 Å². The zero-order chi connectivity index (χ0) is 13.5. The smallest absolute Gasteiger partial charge is 0.185 e. The van der Waals surface area contributed by atoms with Gasteiger partial charge >= 0.3 is 0 Å². The van der Waals surface area contributed by atoms with Crippen LogP contribution in [0.2, 0.25) is 0 Å². The molecule has 4 heteroatoms. The first-order chi connectivity index (χ1) is 9.83. The Morgan fingerprint density at radius 1 is 1.10 bits per heavy atom. The first kappa shape index (κ1) is 11.6. The Bertz CT molecular complexity index is 757. The van der Waals surface area contributed by atoms with E-state index < -0.39 is 0 Å². The van der Waals surface area contributed by atoms with Gasteiger partial charge in [0.1, 0.15) is 0 Å². The molecule has 0 N–H and O–H groups in total. The number of hydrogen-bond acceptors (Lipinski definition) is 3. The van der Waals surface area contributed by atoms with Crippen molar-refractivity contribution in [1.29, 1.82) is 0 Å². The molecule has 3 aromatic rings. The summed E-state index contributed by atoms with van der Waals surface area (Å²) >= 11 is 0. The monoisotopic (exact) mass is 264 g/mol. The first-order valence-corrected chi connectivity index (χ1v) is 7.11. The van der Waals surface area contributed by atoms with Gasteiger partial charge in [-0.15, -0.1) is 10.2 Å². The summed E-state index contributed by atoms with van der Waals surface area (Å²) in [5, 5.41) is 13.3. The minimum absolute atomic E-state index is 0.671. The van der Waals surface area contributed by atoms with Crippen LogP contribution >= 0.6 is 0 Å². The summed E-state index contributed by atoms with van der Waals surface area (Å²) in [5.74, 6) is 1.48. The summed E-state index contributed by atoms with van der Waals surface area (Å²) in [6.07, 6.45) is 3.88. The number of benzene rings is 1. The van der Waals surface area contributed by atoms with Crippen LogP contribution in [-0.4, -0.2) is 19.8 Å². The fourth-order valence-corrected chi connectivity index (χ4v) is 2.83. The molecule has 0 radical (unpaired) electrons. The van der Waals surface area contributed by atoms with Crippen molar-refractivity contribution in [2.75, 3.05) is 0 Å². The maximum absolute atomic E-state index is 4.71. The standard InChI is InChI=1S/C16H16N4/c1-11-14(12-8-5-9-12)10-15-17-18-16(20(15)19-11)13-6-3-2-4-7-13/h2-4,6-7,10,12H,5,8-9H2,1H3. The molecule has 1 aliphatic rings. The molecular weight excluding hydrogens is 248 g/mol. The Balaban J connectivity index is 1.87. The number of nitrogens with zero attached hydrogens (tertiary/aromatic N) is 4. The van der Waals surface area contributed by atoms with Crippen LogP contribution in [0, 0.1) is 6.92 Å². The SMILES string of the molecule is Cc1nn2c(-c3ccccc3)nnc2cc1C1CCC1. The molecule has 4 nitrogen and oxygen atoms in total. The van der Waals surface area contributed by atoms with Gasteiger partial charge in [-0.25, -0.2) is 0 Å². The number of rotatable bonds is 2. The van der Waals surface area contributed by atoms with E-state index in [4.69, 9.17) is 5.10 Å². The third-order valence-corrected chi connectivity index (χ3v) is 4.19. The van der Waals surface area contributed by atoms with Crippen molar-refractivity contribution in [2.45, 2.75) is 32.1 Å². The van der Waals surface area contributed by atoms with Crippen molar-refractivity contribution >= 4 is 5.65 Å². The molecule has 1 fully saturated rings. The van der Waals surface area contributed by atoms with Crippen LogP contribution in [-0.2, 0) is 0 Å². The lowest BCUT2D eigenvalue weighted by molar-refractivity contribution is 0.416. The maximum atomic E-state index is 4.71. The van der Waals surface area contributed by atoms with Crippen LogP contribution in [0.1, 0.15) is 36.4 Å². The molecule has 1 aliphatic carbocycles. The maximum Gasteiger partial charge on any atom is 0.185 e. The van der Waals surface area contributed by atoms with Gasteiger partial charge in [0, 0.05) is 5.56 Å².